The maximum absolute atomic E-state index is 13.5. The Labute approximate surface area is 95.6 Å². The summed E-state index contributed by atoms with van der Waals surface area (Å²) in [5, 5.41) is 0. The maximum atomic E-state index is 13.5. The molecular formula is C13H18FNO. The molecular weight excluding hydrogens is 205 g/mol. The Morgan fingerprint density at radius 3 is 2.56 bits per heavy atom. The minimum absolute atomic E-state index is 0.161. The summed E-state index contributed by atoms with van der Waals surface area (Å²) in [6.45, 7) is 2.25. The van der Waals surface area contributed by atoms with Crippen LogP contribution in [0.2, 0.25) is 0 Å². The Morgan fingerprint density at radius 2 is 1.94 bits per heavy atom. The van der Waals surface area contributed by atoms with Gasteiger partial charge in [-0.3, -0.25) is 0 Å². The Morgan fingerprint density at radius 1 is 1.25 bits per heavy atom. The van der Waals surface area contributed by atoms with Crippen LogP contribution in [-0.4, -0.2) is 6.10 Å². The first-order valence-electron chi connectivity index (χ1n) is 5.87. The summed E-state index contributed by atoms with van der Waals surface area (Å²) in [6, 6.07) is 4.59. The molecule has 3 heteroatoms. The molecule has 16 heavy (non-hydrogen) atoms. The molecule has 0 amide bonds. The molecule has 2 nitrogen and oxygen atoms in total. The van der Waals surface area contributed by atoms with Crippen LogP contribution >= 0.6 is 0 Å². The normalized spacial score (nSPS) is 25.4. The van der Waals surface area contributed by atoms with Crippen molar-refractivity contribution >= 4 is 5.69 Å². The molecule has 1 saturated carbocycles. The molecule has 0 radical (unpaired) electrons. The predicted octanol–water partition coefficient (Wildman–Crippen LogP) is 3.37. The second-order valence-corrected chi connectivity index (χ2v) is 4.69. The lowest BCUT2D eigenvalue weighted by atomic mass is 9.89. The highest BCUT2D eigenvalue weighted by Crippen LogP contribution is 2.28. The van der Waals surface area contributed by atoms with Gasteiger partial charge in [0, 0.05) is 11.8 Å². The van der Waals surface area contributed by atoms with Crippen molar-refractivity contribution in [1.82, 2.24) is 0 Å². The fourth-order valence-electron chi connectivity index (χ4n) is 2.14. The van der Waals surface area contributed by atoms with Crippen LogP contribution in [0.5, 0.6) is 5.75 Å². The highest BCUT2D eigenvalue weighted by Gasteiger charge is 2.20. The molecule has 2 rings (SSSR count). The standard InChI is InChI=1S/C13H18FNO/c1-9-2-5-11(6-3-9)16-13-7-4-10(15)8-12(13)14/h4,7-9,11H,2-3,5-6,15H2,1H3. The van der Waals surface area contributed by atoms with Crippen molar-refractivity contribution < 1.29 is 9.13 Å². The summed E-state index contributed by atoms with van der Waals surface area (Å²) in [4.78, 5) is 0. The van der Waals surface area contributed by atoms with E-state index in [1.54, 1.807) is 12.1 Å². The average molecular weight is 223 g/mol. The Kier molecular flexibility index (Phi) is 3.32. The minimum Gasteiger partial charge on any atom is -0.487 e. The van der Waals surface area contributed by atoms with Crippen molar-refractivity contribution in [2.45, 2.75) is 38.7 Å². The lowest BCUT2D eigenvalue weighted by Crippen LogP contribution is -2.23. The molecule has 0 bridgehead atoms. The number of nitrogen functional groups attached to an aromatic ring is 1. The Balaban J connectivity index is 1.98. The quantitative estimate of drug-likeness (QED) is 0.780. The Bertz CT molecular complexity index is 359. The fourth-order valence-corrected chi connectivity index (χ4v) is 2.14. The van der Waals surface area contributed by atoms with E-state index < -0.39 is 0 Å². The van der Waals surface area contributed by atoms with E-state index in [2.05, 4.69) is 6.92 Å². The molecule has 2 N–H and O–H groups in total. The fraction of sp³-hybridized carbons (Fsp3) is 0.538. The minimum atomic E-state index is -0.362. The lowest BCUT2D eigenvalue weighted by Gasteiger charge is -2.27. The van der Waals surface area contributed by atoms with E-state index in [4.69, 9.17) is 10.5 Å². The summed E-state index contributed by atoms with van der Waals surface area (Å²) in [6.07, 6.45) is 4.53. The highest BCUT2D eigenvalue weighted by molar-refractivity contribution is 5.42. The van der Waals surface area contributed by atoms with E-state index in [1.165, 1.54) is 18.9 Å². The van der Waals surface area contributed by atoms with Crippen LogP contribution in [0.15, 0.2) is 18.2 Å². The van der Waals surface area contributed by atoms with Crippen molar-refractivity contribution in [2.24, 2.45) is 5.92 Å². The first kappa shape index (κ1) is 11.2. The molecule has 0 heterocycles. The van der Waals surface area contributed by atoms with Crippen molar-refractivity contribution in [2.75, 3.05) is 5.73 Å². The molecule has 1 aromatic rings. The molecule has 0 saturated heterocycles. The highest BCUT2D eigenvalue weighted by atomic mass is 19.1. The van der Waals surface area contributed by atoms with Gasteiger partial charge in [-0.1, -0.05) is 6.92 Å². The zero-order valence-corrected chi connectivity index (χ0v) is 9.58. The van der Waals surface area contributed by atoms with E-state index in [9.17, 15) is 4.39 Å². The van der Waals surface area contributed by atoms with Crippen molar-refractivity contribution in [3.8, 4) is 5.75 Å². The van der Waals surface area contributed by atoms with Gasteiger partial charge in [0.05, 0.1) is 6.10 Å². The molecule has 88 valence electrons. The molecule has 0 unspecified atom stereocenters. The first-order valence-corrected chi connectivity index (χ1v) is 5.87. The zero-order valence-electron chi connectivity index (χ0n) is 9.58. The van der Waals surface area contributed by atoms with Gasteiger partial charge < -0.3 is 10.5 Å². The van der Waals surface area contributed by atoms with Gasteiger partial charge in [0.25, 0.3) is 0 Å². The molecule has 1 aliphatic rings. The van der Waals surface area contributed by atoms with Gasteiger partial charge in [-0.15, -0.1) is 0 Å². The van der Waals surface area contributed by atoms with Crippen LogP contribution in [0, 0.1) is 11.7 Å². The SMILES string of the molecule is CC1CCC(Oc2ccc(N)cc2F)CC1. The first-order chi connectivity index (χ1) is 7.65. The van der Waals surface area contributed by atoms with Gasteiger partial charge in [-0.2, -0.15) is 0 Å². The summed E-state index contributed by atoms with van der Waals surface area (Å²) in [5.41, 5.74) is 5.92. The molecule has 1 fully saturated rings. The number of nitrogens with two attached hydrogens (primary N) is 1. The average Bonchev–Trinajstić information content (AvgIpc) is 2.25. The monoisotopic (exact) mass is 223 g/mol. The largest absolute Gasteiger partial charge is 0.487 e. The van der Waals surface area contributed by atoms with Crippen LogP contribution in [0.4, 0.5) is 10.1 Å². The smallest absolute Gasteiger partial charge is 0.167 e. The van der Waals surface area contributed by atoms with Gasteiger partial charge in [0.15, 0.2) is 11.6 Å². The van der Waals surface area contributed by atoms with E-state index in [1.807, 2.05) is 0 Å². The molecule has 0 aliphatic heterocycles. The van der Waals surface area contributed by atoms with Gasteiger partial charge in [-0.05, 0) is 43.7 Å². The summed E-state index contributed by atoms with van der Waals surface area (Å²) in [7, 11) is 0. The second kappa shape index (κ2) is 4.73. The molecule has 1 aromatic carbocycles. The van der Waals surface area contributed by atoms with Gasteiger partial charge in [0.1, 0.15) is 0 Å². The third-order valence-electron chi connectivity index (χ3n) is 3.21. The molecule has 0 spiro atoms. The van der Waals surface area contributed by atoms with Gasteiger partial charge in [0.2, 0.25) is 0 Å². The number of hydrogen-bond acceptors (Lipinski definition) is 2. The van der Waals surface area contributed by atoms with E-state index >= 15 is 0 Å². The van der Waals surface area contributed by atoms with Crippen LogP contribution in [0.1, 0.15) is 32.6 Å². The van der Waals surface area contributed by atoms with E-state index in [0.717, 1.165) is 18.8 Å². The number of ether oxygens (including phenoxy) is 1. The van der Waals surface area contributed by atoms with Crippen LogP contribution in [0.25, 0.3) is 0 Å². The number of halogens is 1. The molecule has 0 atom stereocenters. The van der Waals surface area contributed by atoms with Crippen LogP contribution < -0.4 is 10.5 Å². The van der Waals surface area contributed by atoms with Crippen molar-refractivity contribution in [1.29, 1.82) is 0 Å². The summed E-state index contributed by atoms with van der Waals surface area (Å²) < 4.78 is 19.1. The topological polar surface area (TPSA) is 35.2 Å². The third-order valence-corrected chi connectivity index (χ3v) is 3.21. The number of hydrogen-bond donors (Lipinski definition) is 1. The van der Waals surface area contributed by atoms with Crippen molar-refractivity contribution in [3.05, 3.63) is 24.0 Å². The van der Waals surface area contributed by atoms with E-state index in [0.29, 0.717) is 11.4 Å². The maximum Gasteiger partial charge on any atom is 0.167 e. The number of anilines is 1. The van der Waals surface area contributed by atoms with Gasteiger partial charge >= 0.3 is 0 Å². The van der Waals surface area contributed by atoms with Crippen LogP contribution in [-0.2, 0) is 0 Å². The zero-order chi connectivity index (χ0) is 11.5. The van der Waals surface area contributed by atoms with Crippen LogP contribution in [0.3, 0.4) is 0 Å². The van der Waals surface area contributed by atoms with Gasteiger partial charge in [-0.25, -0.2) is 4.39 Å². The Hall–Kier alpha value is -1.25. The predicted molar refractivity (Wildman–Crippen MR) is 62.9 cm³/mol. The summed E-state index contributed by atoms with van der Waals surface area (Å²) in [5.74, 6) is 0.739. The third kappa shape index (κ3) is 2.65. The summed E-state index contributed by atoms with van der Waals surface area (Å²) >= 11 is 0. The molecule has 0 aromatic heterocycles. The van der Waals surface area contributed by atoms with E-state index in [-0.39, 0.29) is 11.9 Å². The number of benzene rings is 1. The number of rotatable bonds is 2. The lowest BCUT2D eigenvalue weighted by molar-refractivity contribution is 0.130. The molecule has 1 aliphatic carbocycles. The second-order valence-electron chi connectivity index (χ2n) is 4.69. The van der Waals surface area contributed by atoms with Crippen molar-refractivity contribution in [3.63, 3.8) is 0 Å².